The third-order valence-corrected chi connectivity index (χ3v) is 13.4. The number of unbranched alkanes of at least 4 members (excludes halogenated alkanes) is 36. The van der Waals surface area contributed by atoms with Crippen LogP contribution in [-0.2, 0) is 38.3 Å². The summed E-state index contributed by atoms with van der Waals surface area (Å²) in [4.78, 5) is 12.9. The summed E-state index contributed by atoms with van der Waals surface area (Å²) < 4.78 is 59.3. The normalized spacial score (nSPS) is 19.5. The lowest BCUT2D eigenvalue weighted by atomic mass is 9.99. The van der Waals surface area contributed by atoms with Crippen molar-refractivity contribution >= 4 is 16.4 Å². The van der Waals surface area contributed by atoms with E-state index in [1.165, 1.54) is 199 Å². The maximum absolute atomic E-state index is 12.9. The van der Waals surface area contributed by atoms with Gasteiger partial charge in [-0.3, -0.25) is 9.35 Å². The number of carbonyl (C=O) groups excluding carboxylic acids is 1. The van der Waals surface area contributed by atoms with Crippen molar-refractivity contribution in [2.24, 2.45) is 0 Å². The molecule has 1 rings (SSSR count). The van der Waals surface area contributed by atoms with Gasteiger partial charge in [-0.1, -0.05) is 245 Å². The van der Waals surface area contributed by atoms with Crippen LogP contribution in [0.25, 0.3) is 0 Å². The molecule has 1 heterocycles. The molecule has 6 unspecified atom stereocenters. The first-order valence-corrected chi connectivity index (χ1v) is 28.7. The molecule has 388 valence electrons. The van der Waals surface area contributed by atoms with Gasteiger partial charge in [-0.25, -0.2) is 4.18 Å². The lowest BCUT2D eigenvalue weighted by molar-refractivity contribution is -0.301. The molecule has 13 heteroatoms. The fourth-order valence-corrected chi connectivity index (χ4v) is 9.36. The van der Waals surface area contributed by atoms with Gasteiger partial charge in [-0.15, -0.1) is 0 Å². The zero-order valence-electron chi connectivity index (χ0n) is 41.8. The second-order valence-electron chi connectivity index (χ2n) is 19.2. The smallest absolute Gasteiger partial charge is 0.397 e. The van der Waals surface area contributed by atoms with Gasteiger partial charge in [0.2, 0.25) is 0 Å². The highest BCUT2D eigenvalue weighted by Crippen LogP contribution is 2.26. The molecular weight excluding hydrogens is 849 g/mol. The van der Waals surface area contributed by atoms with Gasteiger partial charge in [0.15, 0.2) is 6.29 Å². The van der Waals surface area contributed by atoms with E-state index in [1.807, 2.05) is 0 Å². The van der Waals surface area contributed by atoms with Gasteiger partial charge in [0.25, 0.3) is 0 Å². The molecule has 0 bridgehead atoms. The number of hydrogen-bond donors (Lipinski definition) is 4. The van der Waals surface area contributed by atoms with Crippen molar-refractivity contribution in [2.75, 3.05) is 26.4 Å². The maximum atomic E-state index is 12.9. The average molecular weight is 951 g/mol. The van der Waals surface area contributed by atoms with Gasteiger partial charge in [-0.2, -0.15) is 8.42 Å². The molecule has 6 atom stereocenters. The summed E-state index contributed by atoms with van der Waals surface area (Å²) in [7, 11) is -5.06. The van der Waals surface area contributed by atoms with E-state index in [1.54, 1.807) is 0 Å². The van der Waals surface area contributed by atoms with Crippen LogP contribution in [0.15, 0.2) is 0 Å². The Bertz CT molecular complexity index is 1140. The Morgan fingerprint density at radius 3 is 1.23 bits per heavy atom. The Kier molecular flexibility index (Phi) is 42.4. The topological polar surface area (TPSA) is 178 Å². The average Bonchev–Trinajstić information content (AvgIpc) is 3.28. The van der Waals surface area contributed by atoms with Gasteiger partial charge in [0.1, 0.15) is 30.5 Å². The minimum Gasteiger partial charge on any atom is -0.457 e. The van der Waals surface area contributed by atoms with Gasteiger partial charge in [0.05, 0.1) is 19.8 Å². The van der Waals surface area contributed by atoms with Crippen molar-refractivity contribution in [3.05, 3.63) is 0 Å². The molecule has 0 aromatic heterocycles. The van der Waals surface area contributed by atoms with Gasteiger partial charge < -0.3 is 34.3 Å². The van der Waals surface area contributed by atoms with Crippen molar-refractivity contribution in [3.63, 3.8) is 0 Å². The zero-order chi connectivity index (χ0) is 47.5. The Morgan fingerprint density at radius 2 is 0.877 bits per heavy atom. The molecule has 0 aliphatic carbocycles. The van der Waals surface area contributed by atoms with Crippen molar-refractivity contribution < 1.29 is 56.2 Å². The Balaban J connectivity index is 2.27. The number of ether oxygens (including phenoxy) is 4. The summed E-state index contributed by atoms with van der Waals surface area (Å²) >= 11 is 0. The standard InChI is InChI=1S/C52H102O12S/c1-3-5-7-9-11-13-15-17-19-20-21-22-23-24-25-26-27-28-30-32-34-36-38-40-42-60-44-46(45-61-52-50(56)51(64-65(57,58)59)49(55)47(43-53)63-52)62-48(54)41-39-37-35-33-31-29-18-16-14-12-10-8-6-4-2/h46-47,49-53,55-56H,3-45H2,1-2H3,(H,57,58,59). The summed E-state index contributed by atoms with van der Waals surface area (Å²) in [5.41, 5.74) is 0. The first kappa shape index (κ1) is 62.1. The van der Waals surface area contributed by atoms with Crippen LogP contribution >= 0.6 is 0 Å². The Hall–Kier alpha value is -0.900. The third-order valence-electron chi connectivity index (χ3n) is 13.0. The van der Waals surface area contributed by atoms with E-state index in [0.29, 0.717) is 13.0 Å². The van der Waals surface area contributed by atoms with Gasteiger partial charge >= 0.3 is 16.4 Å². The van der Waals surface area contributed by atoms with Crippen LogP contribution < -0.4 is 0 Å². The molecule has 4 N–H and O–H groups in total. The van der Waals surface area contributed by atoms with Crippen LogP contribution in [0.4, 0.5) is 0 Å². The number of aliphatic hydroxyl groups is 3. The molecule has 1 aliphatic heterocycles. The van der Waals surface area contributed by atoms with Crippen molar-refractivity contribution in [1.29, 1.82) is 0 Å². The monoisotopic (exact) mass is 951 g/mol. The van der Waals surface area contributed by atoms with E-state index in [-0.39, 0.29) is 19.6 Å². The van der Waals surface area contributed by atoms with Gasteiger partial charge in [0, 0.05) is 13.0 Å². The molecule has 0 saturated carbocycles. The second kappa shape index (κ2) is 44.3. The van der Waals surface area contributed by atoms with Crippen LogP contribution in [0.3, 0.4) is 0 Å². The fraction of sp³-hybridized carbons (Fsp3) is 0.981. The molecule has 0 aromatic carbocycles. The van der Waals surface area contributed by atoms with E-state index in [4.69, 9.17) is 18.9 Å². The highest BCUT2D eigenvalue weighted by atomic mass is 32.3. The van der Waals surface area contributed by atoms with Crippen LogP contribution in [0.1, 0.15) is 264 Å². The molecule has 0 radical (unpaired) electrons. The van der Waals surface area contributed by atoms with E-state index in [2.05, 4.69) is 18.0 Å². The van der Waals surface area contributed by atoms with Crippen molar-refractivity contribution in [2.45, 2.75) is 301 Å². The van der Waals surface area contributed by atoms with E-state index >= 15 is 0 Å². The minimum atomic E-state index is -5.06. The van der Waals surface area contributed by atoms with Crippen molar-refractivity contribution in [1.82, 2.24) is 0 Å². The summed E-state index contributed by atoms with van der Waals surface area (Å²) in [6.07, 6.45) is 40.0. The third kappa shape index (κ3) is 37.6. The van der Waals surface area contributed by atoms with E-state index in [0.717, 1.165) is 38.5 Å². The van der Waals surface area contributed by atoms with Gasteiger partial charge in [-0.05, 0) is 12.8 Å². The Morgan fingerprint density at radius 1 is 0.523 bits per heavy atom. The van der Waals surface area contributed by atoms with Crippen LogP contribution in [0.5, 0.6) is 0 Å². The zero-order valence-corrected chi connectivity index (χ0v) is 42.6. The fourth-order valence-electron chi connectivity index (χ4n) is 8.85. The molecule has 1 fully saturated rings. The molecule has 1 saturated heterocycles. The highest BCUT2D eigenvalue weighted by molar-refractivity contribution is 7.80. The number of hydrogen-bond acceptors (Lipinski definition) is 11. The summed E-state index contributed by atoms with van der Waals surface area (Å²) in [6.45, 7) is 4.06. The molecular formula is C52H102O12S. The first-order valence-electron chi connectivity index (χ1n) is 27.3. The molecule has 65 heavy (non-hydrogen) atoms. The number of carbonyl (C=O) groups is 1. The quantitative estimate of drug-likeness (QED) is 0.0258. The summed E-state index contributed by atoms with van der Waals surface area (Å²) in [5, 5.41) is 30.8. The number of aliphatic hydroxyl groups excluding tert-OH is 3. The molecule has 0 amide bonds. The predicted octanol–water partition coefficient (Wildman–Crippen LogP) is 12.8. The van der Waals surface area contributed by atoms with Crippen molar-refractivity contribution in [3.8, 4) is 0 Å². The lowest BCUT2D eigenvalue weighted by Gasteiger charge is -2.41. The maximum Gasteiger partial charge on any atom is 0.397 e. The summed E-state index contributed by atoms with van der Waals surface area (Å²) in [5.74, 6) is -0.391. The van der Waals surface area contributed by atoms with Crippen LogP contribution in [0, 0.1) is 0 Å². The van der Waals surface area contributed by atoms with Crippen LogP contribution in [0.2, 0.25) is 0 Å². The summed E-state index contributed by atoms with van der Waals surface area (Å²) in [6, 6.07) is 0. The highest BCUT2D eigenvalue weighted by Gasteiger charge is 2.48. The number of rotatable bonds is 49. The Labute approximate surface area is 398 Å². The first-order chi connectivity index (χ1) is 31.6. The second-order valence-corrected chi connectivity index (χ2v) is 20.2. The lowest BCUT2D eigenvalue weighted by Crippen LogP contribution is -2.60. The number of esters is 1. The van der Waals surface area contributed by atoms with Crippen LogP contribution in [-0.4, -0.2) is 97.5 Å². The van der Waals surface area contributed by atoms with E-state index < -0.39 is 59.8 Å². The minimum absolute atomic E-state index is 0.0453. The largest absolute Gasteiger partial charge is 0.457 e. The molecule has 12 nitrogen and oxygen atoms in total. The predicted molar refractivity (Wildman–Crippen MR) is 262 cm³/mol. The SMILES string of the molecule is CCCCCCCCCCCCCCCCCCCCCCCCCCOCC(COC1OC(CO)C(O)C(OS(=O)(=O)O)C1O)OC(=O)CCCCCCCCCCCCCCCC. The molecule has 0 spiro atoms. The van der Waals surface area contributed by atoms with E-state index in [9.17, 15) is 33.1 Å². The molecule has 0 aromatic rings. The molecule has 1 aliphatic rings.